The van der Waals surface area contributed by atoms with Crippen LogP contribution >= 0.6 is 0 Å². The van der Waals surface area contributed by atoms with Gasteiger partial charge in [-0.15, -0.1) is 0 Å². The molecule has 0 saturated heterocycles. The summed E-state index contributed by atoms with van der Waals surface area (Å²) in [6.45, 7) is 5.67. The van der Waals surface area contributed by atoms with Crippen molar-refractivity contribution in [3.05, 3.63) is 59.4 Å². The van der Waals surface area contributed by atoms with Gasteiger partial charge in [0.2, 0.25) is 11.8 Å². The highest BCUT2D eigenvalue weighted by molar-refractivity contribution is 7.90. The third-order valence-electron chi connectivity index (χ3n) is 6.84. The molecule has 0 unspecified atom stereocenters. The van der Waals surface area contributed by atoms with E-state index in [1.54, 1.807) is 24.3 Å². The molecule has 34 heavy (non-hydrogen) atoms. The van der Waals surface area contributed by atoms with Crippen LogP contribution in [0.2, 0.25) is 0 Å². The predicted molar refractivity (Wildman–Crippen MR) is 129 cm³/mol. The normalized spacial score (nSPS) is 17.4. The van der Waals surface area contributed by atoms with Gasteiger partial charge >= 0.3 is 0 Å². The Balaban J connectivity index is 1.50. The fourth-order valence-electron chi connectivity index (χ4n) is 4.57. The van der Waals surface area contributed by atoms with Gasteiger partial charge in [0, 0.05) is 22.8 Å². The average Bonchev–Trinajstić information content (AvgIpc) is 3.54. The Bertz CT molecular complexity index is 1380. The third-order valence-corrected chi connectivity index (χ3v) is 8.23. The van der Waals surface area contributed by atoms with Crippen LogP contribution in [-0.2, 0) is 20.2 Å². The molecule has 2 saturated carbocycles. The van der Waals surface area contributed by atoms with Crippen molar-refractivity contribution in [1.82, 2.24) is 14.7 Å². The first-order valence-electron chi connectivity index (χ1n) is 11.8. The number of ether oxygens (including phenoxy) is 1. The molecule has 2 fully saturated rings. The minimum atomic E-state index is -4.11. The molecule has 0 atom stereocenters. The Labute approximate surface area is 200 Å². The van der Waals surface area contributed by atoms with Crippen LogP contribution in [0.1, 0.15) is 68.7 Å². The molecule has 0 aliphatic heterocycles. The number of nitrogens with zero attached hydrogens (tertiary/aromatic N) is 2. The van der Waals surface area contributed by atoms with Crippen molar-refractivity contribution in [2.75, 3.05) is 0 Å². The zero-order valence-electron chi connectivity index (χ0n) is 19.7. The van der Waals surface area contributed by atoms with Crippen LogP contribution in [-0.4, -0.2) is 30.4 Å². The monoisotopic (exact) mass is 479 g/mol. The SMILES string of the molecule is Cc1ccc2c(S(=O)(=O)NC(=O)C3(c4cc(C5CCC5)cnc4OC(C)C)CC3)cccc2n1. The summed E-state index contributed by atoms with van der Waals surface area (Å²) in [7, 11) is -4.11. The second kappa shape index (κ2) is 8.34. The number of aryl methyl sites for hydroxylation is 1. The number of hydrogen-bond acceptors (Lipinski definition) is 6. The van der Waals surface area contributed by atoms with Crippen LogP contribution in [0.3, 0.4) is 0 Å². The van der Waals surface area contributed by atoms with Gasteiger partial charge < -0.3 is 4.74 Å². The number of carbonyl (C=O) groups excluding carboxylic acids is 1. The summed E-state index contributed by atoms with van der Waals surface area (Å²) in [5.41, 5.74) is 2.19. The van der Waals surface area contributed by atoms with Gasteiger partial charge in [-0.3, -0.25) is 9.78 Å². The van der Waals surface area contributed by atoms with Crippen LogP contribution < -0.4 is 9.46 Å². The summed E-state index contributed by atoms with van der Waals surface area (Å²) in [4.78, 5) is 22.5. The second-order valence-corrected chi connectivity index (χ2v) is 11.4. The molecule has 0 spiro atoms. The number of sulfonamides is 1. The van der Waals surface area contributed by atoms with Gasteiger partial charge in [-0.1, -0.05) is 12.5 Å². The Morgan fingerprint density at radius 3 is 2.59 bits per heavy atom. The summed E-state index contributed by atoms with van der Waals surface area (Å²) < 4.78 is 35.0. The zero-order valence-corrected chi connectivity index (χ0v) is 20.5. The van der Waals surface area contributed by atoms with Crippen molar-refractivity contribution in [1.29, 1.82) is 0 Å². The van der Waals surface area contributed by atoms with Crippen LogP contribution in [0.25, 0.3) is 10.9 Å². The van der Waals surface area contributed by atoms with E-state index in [-0.39, 0.29) is 11.0 Å². The maximum atomic E-state index is 13.5. The van der Waals surface area contributed by atoms with Crippen LogP contribution in [0.5, 0.6) is 5.88 Å². The molecule has 1 N–H and O–H groups in total. The van der Waals surface area contributed by atoms with Gasteiger partial charge in [0.25, 0.3) is 10.0 Å². The Hall–Kier alpha value is -3.00. The number of aromatic nitrogens is 2. The predicted octanol–water partition coefficient (Wildman–Crippen LogP) is 4.53. The number of nitrogens with one attached hydrogen (secondary N) is 1. The number of rotatable bonds is 7. The number of hydrogen-bond donors (Lipinski definition) is 1. The minimum Gasteiger partial charge on any atom is -0.475 e. The Morgan fingerprint density at radius 1 is 1.18 bits per heavy atom. The number of pyridine rings is 2. The van der Waals surface area contributed by atoms with E-state index in [0.29, 0.717) is 41.1 Å². The van der Waals surface area contributed by atoms with E-state index in [0.717, 1.165) is 24.1 Å². The minimum absolute atomic E-state index is 0.0432. The molecule has 8 heteroatoms. The fourth-order valence-corrected chi connectivity index (χ4v) is 5.84. The van der Waals surface area contributed by atoms with E-state index in [4.69, 9.17) is 4.74 Å². The summed E-state index contributed by atoms with van der Waals surface area (Å²) >= 11 is 0. The van der Waals surface area contributed by atoms with Gasteiger partial charge in [0.05, 0.1) is 21.9 Å². The van der Waals surface area contributed by atoms with Crippen molar-refractivity contribution in [3.63, 3.8) is 0 Å². The van der Waals surface area contributed by atoms with Gasteiger partial charge in [-0.25, -0.2) is 18.1 Å². The van der Waals surface area contributed by atoms with Gasteiger partial charge in [-0.05, 0) is 88.3 Å². The van der Waals surface area contributed by atoms with Gasteiger partial charge in [-0.2, -0.15) is 0 Å². The highest BCUT2D eigenvalue weighted by Gasteiger charge is 2.54. The quantitative estimate of drug-likeness (QED) is 0.535. The highest BCUT2D eigenvalue weighted by atomic mass is 32.2. The molecule has 0 bridgehead atoms. The first-order valence-corrected chi connectivity index (χ1v) is 13.3. The Kier molecular flexibility index (Phi) is 5.59. The third kappa shape index (κ3) is 4.04. The molecule has 7 nitrogen and oxygen atoms in total. The maximum Gasteiger partial charge on any atom is 0.264 e. The van der Waals surface area contributed by atoms with Gasteiger partial charge in [0.1, 0.15) is 0 Å². The number of amides is 1. The molecular formula is C26H29N3O4S. The van der Waals surface area contributed by atoms with Crippen molar-refractivity contribution in [3.8, 4) is 5.88 Å². The standard InChI is InChI=1S/C26H29N3O4S/c1-16(2)33-24-21(14-19(15-27-24)18-6-4-7-18)26(12-13-26)25(30)29-34(31,32)23-9-5-8-22-20(23)11-10-17(3)28-22/h5,8-11,14-16,18H,4,6-7,12-13H2,1-3H3,(H,29,30). The summed E-state index contributed by atoms with van der Waals surface area (Å²) in [6, 6.07) is 10.4. The van der Waals surface area contributed by atoms with Gasteiger partial charge in [0.15, 0.2) is 0 Å². The van der Waals surface area contributed by atoms with Crippen molar-refractivity contribution < 1.29 is 17.9 Å². The topological polar surface area (TPSA) is 98.2 Å². The first-order chi connectivity index (χ1) is 16.2. The molecule has 3 aromatic rings. The summed E-state index contributed by atoms with van der Waals surface area (Å²) in [6.07, 6.45) is 6.22. The molecule has 1 aromatic carbocycles. The second-order valence-electron chi connectivity index (χ2n) is 9.71. The van der Waals surface area contributed by atoms with Crippen molar-refractivity contribution in [2.45, 2.75) is 75.2 Å². The summed E-state index contributed by atoms with van der Waals surface area (Å²) in [5.74, 6) is 0.312. The van der Waals surface area contributed by atoms with E-state index in [9.17, 15) is 13.2 Å². The smallest absolute Gasteiger partial charge is 0.264 e. The van der Waals surface area contributed by atoms with Crippen molar-refractivity contribution >= 4 is 26.8 Å². The Morgan fingerprint density at radius 2 is 1.94 bits per heavy atom. The van der Waals surface area contributed by atoms with Crippen LogP contribution in [0.15, 0.2) is 47.5 Å². The highest BCUT2D eigenvalue weighted by Crippen LogP contribution is 2.52. The lowest BCUT2D eigenvalue weighted by molar-refractivity contribution is -0.121. The van der Waals surface area contributed by atoms with Crippen LogP contribution in [0.4, 0.5) is 0 Å². The summed E-state index contributed by atoms with van der Waals surface area (Å²) in [5, 5.41) is 0.482. The maximum absolute atomic E-state index is 13.5. The van der Waals surface area contributed by atoms with Crippen LogP contribution in [0, 0.1) is 6.92 Å². The molecular weight excluding hydrogens is 450 g/mol. The van der Waals surface area contributed by atoms with E-state index < -0.39 is 21.3 Å². The molecule has 5 rings (SSSR count). The molecule has 2 heterocycles. The lowest BCUT2D eigenvalue weighted by Crippen LogP contribution is -2.39. The lowest BCUT2D eigenvalue weighted by Gasteiger charge is -2.27. The number of carbonyl (C=O) groups is 1. The number of fused-ring (bicyclic) bond motifs is 1. The zero-order chi connectivity index (χ0) is 24.1. The molecule has 178 valence electrons. The number of benzene rings is 1. The van der Waals surface area contributed by atoms with Crippen molar-refractivity contribution in [2.24, 2.45) is 0 Å². The van der Waals surface area contributed by atoms with E-state index in [1.807, 2.05) is 33.0 Å². The molecule has 0 radical (unpaired) electrons. The van der Waals surface area contributed by atoms with E-state index >= 15 is 0 Å². The fraction of sp³-hybridized carbons (Fsp3) is 0.423. The average molecular weight is 480 g/mol. The van der Waals surface area contributed by atoms with E-state index in [2.05, 4.69) is 14.7 Å². The molecule has 2 aliphatic carbocycles. The lowest BCUT2D eigenvalue weighted by atomic mass is 9.79. The largest absolute Gasteiger partial charge is 0.475 e. The first kappa shape index (κ1) is 22.8. The molecule has 2 aliphatic rings. The van der Waals surface area contributed by atoms with E-state index in [1.165, 1.54) is 12.5 Å². The molecule has 2 aromatic heterocycles. The molecule has 1 amide bonds.